The minimum absolute atomic E-state index is 0.00799. The number of amides is 2. The molecule has 1 aliphatic carbocycles. The first-order valence-electron chi connectivity index (χ1n) is 7.89. The van der Waals surface area contributed by atoms with E-state index in [9.17, 15) is 14.4 Å². The first kappa shape index (κ1) is 17.0. The summed E-state index contributed by atoms with van der Waals surface area (Å²) in [6.45, 7) is 1.67. The Morgan fingerprint density at radius 1 is 1.17 bits per heavy atom. The number of anilines is 1. The molecule has 6 nitrogen and oxygen atoms in total. The highest BCUT2D eigenvalue weighted by atomic mass is 16.4. The average Bonchev–Trinajstić information content (AvgIpc) is 2.55. The van der Waals surface area contributed by atoms with E-state index < -0.39 is 5.97 Å². The van der Waals surface area contributed by atoms with Crippen LogP contribution in [0.4, 0.5) is 5.69 Å². The molecule has 0 spiro atoms. The number of carbonyl (C=O) groups is 3. The summed E-state index contributed by atoms with van der Waals surface area (Å²) in [7, 11) is 0. The molecule has 1 aliphatic rings. The van der Waals surface area contributed by atoms with Crippen molar-refractivity contribution in [3.05, 3.63) is 29.3 Å². The molecular formula is C17H22N2O4. The fourth-order valence-corrected chi connectivity index (χ4v) is 2.76. The third kappa shape index (κ3) is 4.81. The molecule has 1 fully saturated rings. The second kappa shape index (κ2) is 7.76. The van der Waals surface area contributed by atoms with Crippen molar-refractivity contribution in [1.82, 2.24) is 5.32 Å². The molecule has 0 heterocycles. The van der Waals surface area contributed by atoms with Gasteiger partial charge in [0.05, 0.1) is 12.1 Å². The maximum Gasteiger partial charge on any atom is 0.335 e. The number of carbonyl (C=O) groups excluding carboxylic acids is 2. The molecular weight excluding hydrogens is 296 g/mol. The Labute approximate surface area is 135 Å². The van der Waals surface area contributed by atoms with Gasteiger partial charge >= 0.3 is 5.97 Å². The van der Waals surface area contributed by atoms with Crippen LogP contribution >= 0.6 is 0 Å². The zero-order valence-corrected chi connectivity index (χ0v) is 13.2. The SMILES string of the molecule is Cc1ccc(C(=O)O)cc1NC(=O)CNC(=O)C1CCCCC1. The molecule has 23 heavy (non-hydrogen) atoms. The van der Waals surface area contributed by atoms with Gasteiger partial charge in [-0.1, -0.05) is 25.3 Å². The quantitative estimate of drug-likeness (QED) is 0.776. The van der Waals surface area contributed by atoms with E-state index in [-0.39, 0.29) is 29.8 Å². The van der Waals surface area contributed by atoms with Gasteiger partial charge in [0, 0.05) is 11.6 Å². The lowest BCUT2D eigenvalue weighted by atomic mass is 9.89. The Hall–Kier alpha value is -2.37. The first-order chi connectivity index (χ1) is 11.0. The molecule has 0 radical (unpaired) electrons. The third-order valence-electron chi connectivity index (χ3n) is 4.16. The Kier molecular flexibility index (Phi) is 5.73. The van der Waals surface area contributed by atoms with Crippen LogP contribution in [0.5, 0.6) is 0 Å². The molecule has 3 N–H and O–H groups in total. The van der Waals surface area contributed by atoms with Crippen molar-refractivity contribution in [3.63, 3.8) is 0 Å². The van der Waals surface area contributed by atoms with Gasteiger partial charge in [0.1, 0.15) is 0 Å². The van der Waals surface area contributed by atoms with E-state index in [1.807, 2.05) is 0 Å². The summed E-state index contributed by atoms with van der Waals surface area (Å²) in [5.41, 5.74) is 1.32. The maximum absolute atomic E-state index is 12.0. The number of carboxylic acid groups (broad SMARTS) is 1. The van der Waals surface area contributed by atoms with Gasteiger partial charge in [0.2, 0.25) is 11.8 Å². The van der Waals surface area contributed by atoms with Gasteiger partial charge in [-0.05, 0) is 37.5 Å². The van der Waals surface area contributed by atoms with E-state index in [0.717, 1.165) is 31.2 Å². The van der Waals surface area contributed by atoms with Crippen molar-refractivity contribution in [2.24, 2.45) is 5.92 Å². The van der Waals surface area contributed by atoms with Crippen molar-refractivity contribution in [1.29, 1.82) is 0 Å². The van der Waals surface area contributed by atoms with Crippen molar-refractivity contribution >= 4 is 23.5 Å². The fraction of sp³-hybridized carbons (Fsp3) is 0.471. The Morgan fingerprint density at radius 3 is 2.52 bits per heavy atom. The Balaban J connectivity index is 1.88. The van der Waals surface area contributed by atoms with E-state index >= 15 is 0 Å². The highest BCUT2D eigenvalue weighted by Gasteiger charge is 2.21. The molecule has 0 aliphatic heterocycles. The van der Waals surface area contributed by atoms with Crippen LogP contribution in [0, 0.1) is 12.8 Å². The van der Waals surface area contributed by atoms with Crippen LogP contribution in [-0.2, 0) is 9.59 Å². The summed E-state index contributed by atoms with van der Waals surface area (Å²) in [4.78, 5) is 34.9. The lowest BCUT2D eigenvalue weighted by Gasteiger charge is -2.20. The number of aromatic carboxylic acids is 1. The number of hydrogen-bond acceptors (Lipinski definition) is 3. The summed E-state index contributed by atoms with van der Waals surface area (Å²) in [6, 6.07) is 4.54. The Morgan fingerprint density at radius 2 is 1.87 bits per heavy atom. The standard InChI is InChI=1S/C17H22N2O4/c1-11-7-8-13(17(22)23)9-14(11)19-15(20)10-18-16(21)12-5-3-2-4-6-12/h7-9,12H,2-6,10H2,1H3,(H,18,21)(H,19,20)(H,22,23). The first-order valence-corrected chi connectivity index (χ1v) is 7.89. The molecule has 0 unspecified atom stereocenters. The van der Waals surface area contributed by atoms with E-state index in [1.54, 1.807) is 13.0 Å². The van der Waals surface area contributed by atoms with Crippen LogP contribution in [0.2, 0.25) is 0 Å². The van der Waals surface area contributed by atoms with E-state index in [1.165, 1.54) is 18.6 Å². The monoisotopic (exact) mass is 318 g/mol. The molecule has 124 valence electrons. The van der Waals surface area contributed by atoms with Crippen LogP contribution in [0.25, 0.3) is 0 Å². The van der Waals surface area contributed by atoms with Crippen molar-refractivity contribution in [2.45, 2.75) is 39.0 Å². The predicted molar refractivity (Wildman–Crippen MR) is 86.4 cm³/mol. The highest BCUT2D eigenvalue weighted by molar-refractivity contribution is 5.97. The van der Waals surface area contributed by atoms with Gasteiger partial charge in [-0.3, -0.25) is 9.59 Å². The number of carboxylic acids is 1. The summed E-state index contributed by atoms with van der Waals surface area (Å²) in [5.74, 6) is -1.48. The zero-order valence-electron chi connectivity index (χ0n) is 13.2. The topological polar surface area (TPSA) is 95.5 Å². The van der Waals surface area contributed by atoms with Crippen molar-refractivity contribution in [3.8, 4) is 0 Å². The molecule has 1 aromatic rings. The zero-order chi connectivity index (χ0) is 16.8. The second-order valence-electron chi connectivity index (χ2n) is 5.94. The smallest absolute Gasteiger partial charge is 0.335 e. The van der Waals surface area contributed by atoms with E-state index in [4.69, 9.17) is 5.11 Å². The Bertz CT molecular complexity index is 607. The fourth-order valence-electron chi connectivity index (χ4n) is 2.76. The summed E-state index contributed by atoms with van der Waals surface area (Å²) in [6.07, 6.45) is 5.06. The van der Waals surface area contributed by atoms with Gasteiger partial charge < -0.3 is 15.7 Å². The third-order valence-corrected chi connectivity index (χ3v) is 4.16. The van der Waals surface area contributed by atoms with Gasteiger partial charge in [0.15, 0.2) is 0 Å². The normalized spacial score (nSPS) is 15.0. The van der Waals surface area contributed by atoms with E-state index in [0.29, 0.717) is 5.69 Å². The molecule has 1 saturated carbocycles. The molecule has 0 aromatic heterocycles. The maximum atomic E-state index is 12.0. The van der Waals surface area contributed by atoms with Gasteiger partial charge in [-0.2, -0.15) is 0 Å². The lowest BCUT2D eigenvalue weighted by molar-refractivity contribution is -0.128. The van der Waals surface area contributed by atoms with Crippen LogP contribution in [0.15, 0.2) is 18.2 Å². The molecule has 0 saturated heterocycles. The van der Waals surface area contributed by atoms with Crippen LogP contribution in [0.1, 0.15) is 48.0 Å². The van der Waals surface area contributed by atoms with Crippen LogP contribution in [0.3, 0.4) is 0 Å². The number of hydrogen-bond donors (Lipinski definition) is 3. The number of benzene rings is 1. The summed E-state index contributed by atoms with van der Waals surface area (Å²) < 4.78 is 0. The second-order valence-corrected chi connectivity index (χ2v) is 5.94. The predicted octanol–water partition coefficient (Wildman–Crippen LogP) is 2.33. The number of nitrogens with one attached hydrogen (secondary N) is 2. The van der Waals surface area contributed by atoms with Gasteiger partial charge in [-0.25, -0.2) is 4.79 Å². The van der Waals surface area contributed by atoms with E-state index in [2.05, 4.69) is 10.6 Å². The molecule has 1 aromatic carbocycles. The molecule has 0 atom stereocenters. The highest BCUT2D eigenvalue weighted by Crippen LogP contribution is 2.23. The molecule has 2 rings (SSSR count). The largest absolute Gasteiger partial charge is 0.478 e. The van der Waals surface area contributed by atoms with Gasteiger partial charge in [-0.15, -0.1) is 0 Å². The van der Waals surface area contributed by atoms with Gasteiger partial charge in [0.25, 0.3) is 0 Å². The number of rotatable bonds is 5. The minimum Gasteiger partial charge on any atom is -0.478 e. The van der Waals surface area contributed by atoms with Crippen molar-refractivity contribution < 1.29 is 19.5 Å². The molecule has 6 heteroatoms. The summed E-state index contributed by atoms with van der Waals surface area (Å²) in [5, 5.41) is 14.3. The number of aryl methyl sites for hydroxylation is 1. The minimum atomic E-state index is -1.05. The molecule has 2 amide bonds. The van der Waals surface area contributed by atoms with Crippen LogP contribution < -0.4 is 10.6 Å². The molecule has 0 bridgehead atoms. The van der Waals surface area contributed by atoms with Crippen LogP contribution in [-0.4, -0.2) is 29.4 Å². The lowest BCUT2D eigenvalue weighted by Crippen LogP contribution is -2.37. The van der Waals surface area contributed by atoms with Crippen molar-refractivity contribution in [2.75, 3.05) is 11.9 Å². The average molecular weight is 318 g/mol. The summed E-state index contributed by atoms with van der Waals surface area (Å²) >= 11 is 0.